The van der Waals surface area contributed by atoms with Crippen LogP contribution in [0.4, 0.5) is 0 Å². The van der Waals surface area contributed by atoms with Crippen molar-refractivity contribution in [3.8, 4) is 17.0 Å². The zero-order chi connectivity index (χ0) is 23.5. The fourth-order valence-electron chi connectivity index (χ4n) is 4.42. The Kier molecular flexibility index (Phi) is 6.37. The van der Waals surface area contributed by atoms with Crippen molar-refractivity contribution in [2.24, 2.45) is 0 Å². The molecule has 34 heavy (non-hydrogen) atoms. The van der Waals surface area contributed by atoms with E-state index in [1.165, 1.54) is 0 Å². The maximum absolute atomic E-state index is 13.6. The zero-order valence-corrected chi connectivity index (χ0v) is 19.8. The van der Waals surface area contributed by atoms with Gasteiger partial charge in [-0.15, -0.1) is 0 Å². The Hall–Kier alpha value is -3.57. The molecule has 1 amide bonds. The molecule has 5 rings (SSSR count). The third kappa shape index (κ3) is 4.31. The summed E-state index contributed by atoms with van der Waals surface area (Å²) in [4.78, 5) is 15.5. The SMILES string of the molecule is CCCCOc1cccc(C2c3c(-c4ccccc4)n[nH]c3C(=O)N2Cc2ccc(Cl)cc2)c1. The Balaban J connectivity index is 1.58. The Morgan fingerprint density at radius 3 is 2.59 bits per heavy atom. The maximum Gasteiger partial charge on any atom is 0.273 e. The van der Waals surface area contributed by atoms with Crippen LogP contribution in [-0.2, 0) is 6.54 Å². The highest BCUT2D eigenvalue weighted by Crippen LogP contribution is 2.44. The highest BCUT2D eigenvalue weighted by atomic mass is 35.5. The van der Waals surface area contributed by atoms with Crippen LogP contribution >= 0.6 is 11.6 Å². The Bertz CT molecular complexity index is 1280. The van der Waals surface area contributed by atoms with Gasteiger partial charge < -0.3 is 9.64 Å². The van der Waals surface area contributed by atoms with Crippen LogP contribution in [0.25, 0.3) is 11.3 Å². The van der Waals surface area contributed by atoms with Gasteiger partial charge in [-0.25, -0.2) is 0 Å². The third-order valence-electron chi connectivity index (χ3n) is 6.12. The number of rotatable bonds is 8. The minimum absolute atomic E-state index is 0.0677. The topological polar surface area (TPSA) is 58.2 Å². The van der Waals surface area contributed by atoms with Crippen LogP contribution in [0, 0.1) is 0 Å². The highest BCUT2D eigenvalue weighted by molar-refractivity contribution is 6.30. The quantitative estimate of drug-likeness (QED) is 0.292. The monoisotopic (exact) mass is 471 g/mol. The molecule has 1 unspecified atom stereocenters. The van der Waals surface area contributed by atoms with E-state index in [-0.39, 0.29) is 11.9 Å². The first kappa shape index (κ1) is 22.2. The van der Waals surface area contributed by atoms with Crippen molar-refractivity contribution in [1.82, 2.24) is 15.1 Å². The Morgan fingerprint density at radius 1 is 1.03 bits per heavy atom. The summed E-state index contributed by atoms with van der Waals surface area (Å²) in [7, 11) is 0. The van der Waals surface area contributed by atoms with E-state index in [2.05, 4.69) is 23.2 Å². The van der Waals surface area contributed by atoms with Gasteiger partial charge in [0.25, 0.3) is 5.91 Å². The summed E-state index contributed by atoms with van der Waals surface area (Å²) in [6.45, 7) is 3.27. The molecule has 1 aliphatic rings. The molecule has 0 spiro atoms. The van der Waals surface area contributed by atoms with Gasteiger partial charge >= 0.3 is 0 Å². The summed E-state index contributed by atoms with van der Waals surface area (Å²) >= 11 is 6.09. The molecule has 1 aliphatic heterocycles. The van der Waals surface area contributed by atoms with Crippen molar-refractivity contribution in [1.29, 1.82) is 0 Å². The summed E-state index contributed by atoms with van der Waals surface area (Å²) < 4.78 is 5.98. The van der Waals surface area contributed by atoms with E-state index in [0.717, 1.165) is 46.5 Å². The number of H-pyrrole nitrogens is 1. The summed E-state index contributed by atoms with van der Waals surface area (Å²) in [6.07, 6.45) is 2.07. The molecule has 0 saturated heterocycles. The van der Waals surface area contributed by atoms with Gasteiger partial charge in [0.1, 0.15) is 11.4 Å². The summed E-state index contributed by atoms with van der Waals surface area (Å²) in [5.74, 6) is 0.741. The van der Waals surface area contributed by atoms with Gasteiger partial charge in [-0.05, 0) is 41.8 Å². The molecule has 0 radical (unpaired) electrons. The fraction of sp³-hybridized carbons (Fsp3) is 0.214. The number of fused-ring (bicyclic) bond motifs is 1. The number of ether oxygens (including phenoxy) is 1. The van der Waals surface area contributed by atoms with Crippen LogP contribution in [0.15, 0.2) is 78.9 Å². The molecule has 1 N–H and O–H groups in total. The van der Waals surface area contributed by atoms with E-state index in [9.17, 15) is 4.79 Å². The van der Waals surface area contributed by atoms with Crippen molar-refractivity contribution in [3.05, 3.63) is 106 Å². The van der Waals surface area contributed by atoms with Crippen LogP contribution in [0.2, 0.25) is 5.02 Å². The number of amides is 1. The molecule has 5 nitrogen and oxygen atoms in total. The first-order chi connectivity index (χ1) is 16.7. The van der Waals surface area contributed by atoms with Crippen LogP contribution in [0.5, 0.6) is 5.75 Å². The van der Waals surface area contributed by atoms with E-state index >= 15 is 0 Å². The molecule has 3 aromatic carbocycles. The molecule has 0 aliphatic carbocycles. The van der Waals surface area contributed by atoms with Gasteiger partial charge in [-0.1, -0.05) is 79.5 Å². The molecule has 0 saturated carbocycles. The van der Waals surface area contributed by atoms with E-state index in [0.29, 0.717) is 23.9 Å². The van der Waals surface area contributed by atoms with Crippen molar-refractivity contribution < 1.29 is 9.53 Å². The number of carbonyl (C=O) groups excluding carboxylic acids is 1. The second-order valence-electron chi connectivity index (χ2n) is 8.46. The summed E-state index contributed by atoms with van der Waals surface area (Å²) in [5.41, 5.74) is 5.21. The number of hydrogen-bond acceptors (Lipinski definition) is 3. The normalized spacial score (nSPS) is 14.9. The zero-order valence-electron chi connectivity index (χ0n) is 19.0. The molecule has 4 aromatic rings. The van der Waals surface area contributed by atoms with Crippen LogP contribution < -0.4 is 4.74 Å². The first-order valence-electron chi connectivity index (χ1n) is 11.6. The molecule has 1 aromatic heterocycles. The Morgan fingerprint density at radius 2 is 1.82 bits per heavy atom. The average Bonchev–Trinajstić information content (AvgIpc) is 3.40. The third-order valence-corrected chi connectivity index (χ3v) is 6.37. The number of benzene rings is 3. The van der Waals surface area contributed by atoms with Crippen molar-refractivity contribution in [2.75, 3.05) is 6.61 Å². The highest BCUT2D eigenvalue weighted by Gasteiger charge is 2.42. The number of nitrogens with zero attached hydrogens (tertiary/aromatic N) is 2. The van der Waals surface area contributed by atoms with Crippen molar-refractivity contribution in [2.45, 2.75) is 32.4 Å². The lowest BCUT2D eigenvalue weighted by Crippen LogP contribution is -2.29. The minimum atomic E-state index is -0.290. The lowest BCUT2D eigenvalue weighted by atomic mass is 9.95. The van der Waals surface area contributed by atoms with Gasteiger partial charge in [-0.2, -0.15) is 5.10 Å². The maximum atomic E-state index is 13.6. The van der Waals surface area contributed by atoms with Gasteiger partial charge in [0.2, 0.25) is 0 Å². The van der Waals surface area contributed by atoms with Crippen molar-refractivity contribution >= 4 is 17.5 Å². The van der Waals surface area contributed by atoms with Gasteiger partial charge in [0, 0.05) is 22.7 Å². The number of aromatic nitrogens is 2. The molecule has 6 heteroatoms. The van der Waals surface area contributed by atoms with E-state index in [1.807, 2.05) is 77.7 Å². The van der Waals surface area contributed by atoms with Crippen LogP contribution in [0.3, 0.4) is 0 Å². The number of unbranched alkanes of at least 4 members (excludes halogenated alkanes) is 1. The van der Waals surface area contributed by atoms with Gasteiger partial charge in [-0.3, -0.25) is 9.89 Å². The largest absolute Gasteiger partial charge is 0.494 e. The number of nitrogens with one attached hydrogen (secondary N) is 1. The fourth-order valence-corrected chi connectivity index (χ4v) is 4.54. The number of hydrogen-bond donors (Lipinski definition) is 1. The average molecular weight is 472 g/mol. The second kappa shape index (κ2) is 9.74. The lowest BCUT2D eigenvalue weighted by Gasteiger charge is -2.27. The molecule has 2 heterocycles. The number of halogens is 1. The van der Waals surface area contributed by atoms with E-state index in [4.69, 9.17) is 16.3 Å². The number of aromatic amines is 1. The molecule has 0 fully saturated rings. The predicted molar refractivity (Wildman–Crippen MR) is 134 cm³/mol. The smallest absolute Gasteiger partial charge is 0.273 e. The van der Waals surface area contributed by atoms with Gasteiger partial charge in [0.05, 0.1) is 18.3 Å². The molecule has 0 bridgehead atoms. The number of carbonyl (C=O) groups is 1. The van der Waals surface area contributed by atoms with Crippen molar-refractivity contribution in [3.63, 3.8) is 0 Å². The van der Waals surface area contributed by atoms with E-state index < -0.39 is 0 Å². The first-order valence-corrected chi connectivity index (χ1v) is 12.0. The molecular weight excluding hydrogens is 446 g/mol. The van der Waals surface area contributed by atoms with E-state index in [1.54, 1.807) is 0 Å². The lowest BCUT2D eigenvalue weighted by molar-refractivity contribution is 0.0730. The minimum Gasteiger partial charge on any atom is -0.494 e. The van der Waals surface area contributed by atoms with Gasteiger partial charge in [0.15, 0.2) is 0 Å². The summed E-state index contributed by atoms with van der Waals surface area (Å²) in [5, 5.41) is 8.24. The Labute approximate surface area is 204 Å². The second-order valence-corrected chi connectivity index (χ2v) is 8.90. The predicted octanol–water partition coefficient (Wildman–Crippen LogP) is 6.65. The van der Waals surface area contributed by atoms with Crippen LogP contribution in [0.1, 0.15) is 53.0 Å². The van der Waals surface area contributed by atoms with Crippen LogP contribution in [-0.4, -0.2) is 27.6 Å². The summed E-state index contributed by atoms with van der Waals surface area (Å²) in [6, 6.07) is 25.4. The molecule has 1 atom stereocenters. The standard InChI is InChI=1S/C28H26ClN3O2/c1-2-3-16-34-23-11-7-10-21(17-23)27-24-25(20-8-5-4-6-9-20)30-31-26(24)28(33)32(27)18-19-12-14-22(29)15-13-19/h4-15,17,27H,2-3,16,18H2,1H3,(H,30,31). The molecular formula is C28H26ClN3O2. The molecule has 172 valence electrons.